The molecule has 3 aliphatic rings. The van der Waals surface area contributed by atoms with Gasteiger partial charge in [-0.1, -0.05) is 107 Å². The molecule has 1 saturated carbocycles. The number of nitrogens with zero attached hydrogens (tertiary/aromatic N) is 2. The van der Waals surface area contributed by atoms with Gasteiger partial charge in [0.2, 0.25) is 11.7 Å². The maximum absolute atomic E-state index is 15.2. The van der Waals surface area contributed by atoms with Gasteiger partial charge in [0, 0.05) is 44.1 Å². The van der Waals surface area contributed by atoms with Crippen LogP contribution in [0.15, 0.2) is 90.1 Å². The number of aliphatic hydroxyl groups excluding tert-OH is 2. The van der Waals surface area contributed by atoms with E-state index in [0.717, 1.165) is 85.1 Å². The molecule has 1 amide bonds. The number of halogens is 1. The van der Waals surface area contributed by atoms with Crippen LogP contribution in [0, 0.1) is 37.4 Å². The molecule has 0 unspecified atom stereocenters. The maximum Gasteiger partial charge on any atom is 0.239 e. The molecular formula is C58H81FN2O7. The molecule has 1 aliphatic heterocycles. The van der Waals surface area contributed by atoms with Crippen LogP contribution in [0.4, 0.5) is 4.39 Å². The minimum Gasteiger partial charge on any atom is -0.459 e. The van der Waals surface area contributed by atoms with Crippen molar-refractivity contribution < 1.29 is 38.4 Å². The molecule has 0 saturated heterocycles. The van der Waals surface area contributed by atoms with Gasteiger partial charge in [-0.3, -0.25) is 4.79 Å². The highest BCUT2D eigenvalue weighted by atomic mass is 19.1. The quantitative estimate of drug-likeness (QED) is 0.0445. The molecule has 0 aromatic heterocycles. The molecule has 10 heteroatoms. The van der Waals surface area contributed by atoms with Gasteiger partial charge in [-0.05, 0) is 143 Å². The zero-order chi connectivity index (χ0) is 48.7. The first-order valence-electron chi connectivity index (χ1n) is 25.9. The lowest BCUT2D eigenvalue weighted by molar-refractivity contribution is -0.258. The Hall–Kier alpha value is -4.51. The Balaban J connectivity index is 1.53. The number of rotatable bonds is 27. The largest absolute Gasteiger partial charge is 0.459 e. The molecule has 0 radical (unpaired) electrons. The molecule has 3 aromatic rings. The summed E-state index contributed by atoms with van der Waals surface area (Å²) in [6.07, 6.45) is 19.6. The van der Waals surface area contributed by atoms with Crippen LogP contribution in [0.5, 0.6) is 17.2 Å². The second-order valence-electron chi connectivity index (χ2n) is 20.6. The van der Waals surface area contributed by atoms with Crippen molar-refractivity contribution in [3.05, 3.63) is 113 Å². The summed E-state index contributed by atoms with van der Waals surface area (Å²) < 4.78 is 35.9. The van der Waals surface area contributed by atoms with Gasteiger partial charge in [-0.2, -0.15) is 0 Å². The van der Waals surface area contributed by atoms with Crippen molar-refractivity contribution in [2.45, 2.75) is 181 Å². The number of unbranched alkanes of at least 4 members (excludes halogenated alkanes) is 10. The number of amides is 1. The number of aliphatic hydroxyl groups is 2. The summed E-state index contributed by atoms with van der Waals surface area (Å²) in [4.78, 5) is 23.5. The smallest absolute Gasteiger partial charge is 0.239 e. The van der Waals surface area contributed by atoms with Gasteiger partial charge in [0.25, 0.3) is 0 Å². The topological polar surface area (TPSA) is 110 Å². The van der Waals surface area contributed by atoms with E-state index in [1.807, 2.05) is 43.9 Å². The average molecular weight is 937 g/mol. The highest BCUT2D eigenvalue weighted by Gasteiger charge is 2.65. The van der Waals surface area contributed by atoms with E-state index in [4.69, 9.17) is 24.2 Å². The summed E-state index contributed by atoms with van der Waals surface area (Å²) in [6, 6.07) is 17.9. The lowest BCUT2D eigenvalue weighted by atomic mass is 9.55. The second kappa shape index (κ2) is 25.4. The molecule has 1 fully saturated rings. The summed E-state index contributed by atoms with van der Waals surface area (Å²) >= 11 is 0. The Morgan fingerprint density at radius 2 is 1.53 bits per heavy atom. The van der Waals surface area contributed by atoms with Gasteiger partial charge in [-0.25, -0.2) is 4.39 Å². The van der Waals surface area contributed by atoms with E-state index >= 15 is 4.79 Å². The minimum atomic E-state index is -1.41. The van der Waals surface area contributed by atoms with Gasteiger partial charge >= 0.3 is 0 Å². The van der Waals surface area contributed by atoms with Crippen LogP contribution in [-0.2, 0) is 20.9 Å². The number of ether oxygens (including phenoxy) is 3. The van der Waals surface area contributed by atoms with Crippen LogP contribution in [-0.4, -0.2) is 64.0 Å². The average Bonchev–Trinajstić information content (AvgIpc) is 3.31. The molecule has 3 aromatic carbocycles. The number of carbonyl (C=O) groups is 1. The molecule has 2 aliphatic carbocycles. The highest BCUT2D eigenvalue weighted by molar-refractivity contribution is 6.03. The van der Waals surface area contributed by atoms with E-state index in [9.17, 15) is 14.6 Å². The fourth-order valence-corrected chi connectivity index (χ4v) is 10.7. The summed E-state index contributed by atoms with van der Waals surface area (Å²) in [5.74, 6) is -0.194. The van der Waals surface area contributed by atoms with E-state index in [-0.39, 0.29) is 62.3 Å². The standard InChI is InChI=1S/C58H81FN2O7/c1-8-10-11-12-13-14-15-16-17-24-54(64)61(40-43-26-28-45(59)29-27-43)53-39-51(60-68-57(5,6)7)49-37-44(22-18-20-33-62)48(23-19-21-34-63)55-50-38-47(66-46-30-25-41(3)42(4)36-46)31-32-52(50)67-58(53,56(49)55)65-35-9-2/h9,25-32,36-38,44,48,53,55-56,62-63H,2,8,10-24,33-35,39-40H2,1,3-7H3/t44-,48+,53-,55+,56+,58+/m0/s1. The van der Waals surface area contributed by atoms with E-state index in [1.165, 1.54) is 49.8 Å². The number of carbonyl (C=O) groups excluding carboxylic acids is 1. The Kier molecular flexibility index (Phi) is 19.7. The fraction of sp³-hybridized carbons (Fsp3) is 0.586. The molecule has 68 heavy (non-hydrogen) atoms. The highest BCUT2D eigenvalue weighted by Crippen LogP contribution is 2.62. The fourth-order valence-electron chi connectivity index (χ4n) is 10.7. The first kappa shape index (κ1) is 52.9. The van der Waals surface area contributed by atoms with E-state index in [0.29, 0.717) is 30.8 Å². The van der Waals surface area contributed by atoms with E-state index in [1.54, 1.807) is 18.2 Å². The van der Waals surface area contributed by atoms with Crippen molar-refractivity contribution in [3.8, 4) is 17.2 Å². The number of hydrogen-bond donors (Lipinski definition) is 2. The van der Waals surface area contributed by atoms with Gasteiger partial charge in [-0.15, -0.1) is 6.58 Å². The van der Waals surface area contributed by atoms with Crippen LogP contribution in [0.3, 0.4) is 0 Å². The monoisotopic (exact) mass is 937 g/mol. The van der Waals surface area contributed by atoms with Crippen molar-refractivity contribution in [1.82, 2.24) is 4.90 Å². The number of benzene rings is 3. The van der Waals surface area contributed by atoms with E-state index in [2.05, 4.69) is 51.6 Å². The minimum absolute atomic E-state index is 0.0207. The van der Waals surface area contributed by atoms with Crippen LogP contribution in [0.25, 0.3) is 0 Å². The Morgan fingerprint density at radius 1 is 0.868 bits per heavy atom. The summed E-state index contributed by atoms with van der Waals surface area (Å²) in [7, 11) is 0. The van der Waals surface area contributed by atoms with Crippen LogP contribution >= 0.6 is 0 Å². The number of allylic oxidation sites excluding steroid dienone is 1. The predicted octanol–water partition coefficient (Wildman–Crippen LogP) is 13.6. The molecule has 0 bridgehead atoms. The van der Waals surface area contributed by atoms with Crippen molar-refractivity contribution in [3.63, 3.8) is 0 Å². The molecule has 6 atom stereocenters. The third-order valence-electron chi connectivity index (χ3n) is 14.2. The number of hydrogen-bond acceptors (Lipinski definition) is 8. The maximum atomic E-state index is 15.2. The molecule has 1 heterocycles. The van der Waals surface area contributed by atoms with Crippen molar-refractivity contribution >= 4 is 11.6 Å². The van der Waals surface area contributed by atoms with Gasteiger partial charge in [0.1, 0.15) is 34.7 Å². The molecule has 0 spiro atoms. The molecule has 2 N–H and O–H groups in total. The summed E-state index contributed by atoms with van der Waals surface area (Å²) in [5.41, 5.74) is 5.23. The van der Waals surface area contributed by atoms with Crippen LogP contribution < -0.4 is 9.47 Å². The zero-order valence-corrected chi connectivity index (χ0v) is 42.1. The van der Waals surface area contributed by atoms with Gasteiger partial charge in [0.15, 0.2) is 0 Å². The molecule has 6 rings (SSSR count). The SMILES string of the molecule is C=CCO[C@@]12Oc3ccc(Oc4ccc(C)c(C)c4)cc3[C@H]3[C@H](CCCCO)[C@@H](CCCCO)C=C(C(=NOC(C)(C)C)C[C@@H]1N(Cc1ccc(F)cc1)C(=O)CCCCCCCCCCC)[C@H]32. The van der Waals surface area contributed by atoms with Crippen molar-refractivity contribution in [2.75, 3.05) is 19.8 Å². The third kappa shape index (κ3) is 13.6. The first-order chi connectivity index (χ1) is 32.8. The Morgan fingerprint density at radius 3 is 2.19 bits per heavy atom. The van der Waals surface area contributed by atoms with Crippen molar-refractivity contribution in [1.29, 1.82) is 0 Å². The molecule has 9 nitrogen and oxygen atoms in total. The number of aryl methyl sites for hydroxylation is 2. The molecular weight excluding hydrogens is 856 g/mol. The first-order valence-corrected chi connectivity index (χ1v) is 25.9. The van der Waals surface area contributed by atoms with Crippen LogP contribution in [0.2, 0.25) is 0 Å². The number of oxime groups is 1. The summed E-state index contributed by atoms with van der Waals surface area (Å²) in [5, 5.41) is 25.1. The van der Waals surface area contributed by atoms with Crippen molar-refractivity contribution in [2.24, 2.45) is 22.9 Å². The Bertz CT molecular complexity index is 2150. The lowest BCUT2D eigenvalue weighted by Gasteiger charge is -2.60. The zero-order valence-electron chi connectivity index (χ0n) is 42.1. The summed E-state index contributed by atoms with van der Waals surface area (Å²) in [6.45, 7) is 17.0. The normalized spacial score (nSPS) is 22.5. The Labute approximate surface area is 407 Å². The molecule has 372 valence electrons. The predicted molar refractivity (Wildman–Crippen MR) is 271 cm³/mol. The van der Waals surface area contributed by atoms with Gasteiger partial charge < -0.3 is 34.2 Å². The van der Waals surface area contributed by atoms with Gasteiger partial charge in [0.05, 0.1) is 18.2 Å². The van der Waals surface area contributed by atoms with E-state index < -0.39 is 23.3 Å². The van der Waals surface area contributed by atoms with Crippen LogP contribution in [0.1, 0.15) is 165 Å². The lowest BCUT2D eigenvalue weighted by Crippen LogP contribution is -2.70. The third-order valence-corrected chi connectivity index (χ3v) is 14.2. The second-order valence-corrected chi connectivity index (χ2v) is 20.6. The number of fused-ring (bicyclic) bond motifs is 2.